The van der Waals surface area contributed by atoms with E-state index in [1.807, 2.05) is 13.8 Å². The Balaban J connectivity index is 3.03. The Morgan fingerprint density at radius 3 is 2.30 bits per heavy atom. The molecule has 1 N–H and O–H groups in total. The zero-order valence-corrected chi connectivity index (χ0v) is 7.20. The molecule has 1 heterocycles. The summed E-state index contributed by atoms with van der Waals surface area (Å²) in [5, 5.41) is 10.2. The Morgan fingerprint density at radius 2 is 2.10 bits per heavy atom. The number of aliphatic hydroxyl groups excluding tert-OH is 1. The van der Waals surface area contributed by atoms with Gasteiger partial charge in [-0.1, -0.05) is 0 Å². The van der Waals surface area contributed by atoms with Crippen LogP contribution in [0, 0.1) is 13.8 Å². The SMILES string of the molecule is Cc1nc(C)c([C@@H](C)O)s1. The van der Waals surface area contributed by atoms with Crippen molar-refractivity contribution in [2.24, 2.45) is 0 Å². The van der Waals surface area contributed by atoms with Crippen LogP contribution in [-0.2, 0) is 0 Å². The number of aliphatic hydroxyl groups is 1. The molecule has 1 rings (SSSR count). The standard InChI is InChI=1S/C7H11NOS/c1-4-7(5(2)9)10-6(3)8-4/h5,9H,1-3H3/t5-/m1/s1. The van der Waals surface area contributed by atoms with E-state index in [9.17, 15) is 5.11 Å². The fourth-order valence-electron chi connectivity index (χ4n) is 0.935. The lowest BCUT2D eigenvalue weighted by Crippen LogP contribution is -1.88. The predicted molar refractivity (Wildman–Crippen MR) is 42.2 cm³/mol. The van der Waals surface area contributed by atoms with E-state index < -0.39 is 0 Å². The fourth-order valence-corrected chi connectivity index (χ4v) is 1.80. The Bertz CT molecular complexity index is 230. The Morgan fingerprint density at radius 1 is 1.50 bits per heavy atom. The summed E-state index contributed by atoms with van der Waals surface area (Å²) in [5.41, 5.74) is 0.956. The van der Waals surface area contributed by atoms with Crippen molar-refractivity contribution in [2.75, 3.05) is 0 Å². The van der Waals surface area contributed by atoms with E-state index in [4.69, 9.17) is 0 Å². The average molecular weight is 157 g/mol. The van der Waals surface area contributed by atoms with Crippen LogP contribution in [0.15, 0.2) is 0 Å². The summed E-state index contributed by atoms with van der Waals surface area (Å²) in [4.78, 5) is 5.17. The minimum atomic E-state index is -0.369. The van der Waals surface area contributed by atoms with Gasteiger partial charge in [0, 0.05) is 0 Å². The van der Waals surface area contributed by atoms with Crippen molar-refractivity contribution in [3.63, 3.8) is 0 Å². The van der Waals surface area contributed by atoms with Crippen molar-refractivity contribution in [1.29, 1.82) is 0 Å². The van der Waals surface area contributed by atoms with Crippen molar-refractivity contribution in [1.82, 2.24) is 4.98 Å². The second-order valence-electron chi connectivity index (χ2n) is 2.36. The summed E-state index contributed by atoms with van der Waals surface area (Å²) in [6, 6.07) is 0. The molecular formula is C7H11NOS. The number of hydrogen-bond acceptors (Lipinski definition) is 3. The smallest absolute Gasteiger partial charge is 0.0901 e. The Labute approximate surface area is 64.5 Å². The number of aryl methyl sites for hydroxylation is 2. The Hall–Kier alpha value is -0.410. The molecule has 1 aromatic rings. The second kappa shape index (κ2) is 2.68. The normalized spacial score (nSPS) is 13.6. The molecule has 1 aromatic heterocycles. The first-order valence-electron chi connectivity index (χ1n) is 3.23. The highest BCUT2D eigenvalue weighted by molar-refractivity contribution is 7.11. The van der Waals surface area contributed by atoms with Crippen molar-refractivity contribution in [3.8, 4) is 0 Å². The van der Waals surface area contributed by atoms with Gasteiger partial charge in [0.25, 0.3) is 0 Å². The van der Waals surface area contributed by atoms with Crippen LogP contribution in [0.3, 0.4) is 0 Å². The minimum absolute atomic E-state index is 0.369. The number of aromatic nitrogens is 1. The molecule has 0 fully saturated rings. The third-order valence-electron chi connectivity index (χ3n) is 1.32. The lowest BCUT2D eigenvalue weighted by atomic mass is 10.3. The van der Waals surface area contributed by atoms with E-state index in [0.29, 0.717) is 0 Å². The molecule has 3 heteroatoms. The number of thiazole rings is 1. The molecule has 0 spiro atoms. The summed E-state index contributed by atoms with van der Waals surface area (Å²) >= 11 is 1.56. The van der Waals surface area contributed by atoms with Crippen LogP contribution in [0.2, 0.25) is 0 Å². The van der Waals surface area contributed by atoms with E-state index in [2.05, 4.69) is 4.98 Å². The summed E-state index contributed by atoms with van der Waals surface area (Å²) in [6.07, 6.45) is -0.369. The van der Waals surface area contributed by atoms with Gasteiger partial charge in [0.2, 0.25) is 0 Å². The summed E-state index contributed by atoms with van der Waals surface area (Å²) in [5.74, 6) is 0. The zero-order chi connectivity index (χ0) is 7.72. The maximum absolute atomic E-state index is 9.19. The minimum Gasteiger partial charge on any atom is -0.388 e. The highest BCUT2D eigenvalue weighted by Gasteiger charge is 2.08. The van der Waals surface area contributed by atoms with Crippen LogP contribution in [0.4, 0.5) is 0 Å². The first kappa shape index (κ1) is 7.69. The molecule has 0 saturated heterocycles. The lowest BCUT2D eigenvalue weighted by Gasteiger charge is -1.98. The van der Waals surface area contributed by atoms with E-state index in [-0.39, 0.29) is 6.10 Å². The van der Waals surface area contributed by atoms with Gasteiger partial charge in [-0.15, -0.1) is 11.3 Å². The van der Waals surface area contributed by atoms with Crippen molar-refractivity contribution >= 4 is 11.3 Å². The highest BCUT2D eigenvalue weighted by atomic mass is 32.1. The van der Waals surface area contributed by atoms with Crippen molar-refractivity contribution in [2.45, 2.75) is 26.9 Å². The molecule has 0 amide bonds. The van der Waals surface area contributed by atoms with Gasteiger partial charge in [-0.25, -0.2) is 4.98 Å². The van der Waals surface area contributed by atoms with Gasteiger partial charge in [-0.2, -0.15) is 0 Å². The van der Waals surface area contributed by atoms with Gasteiger partial charge < -0.3 is 5.11 Å². The van der Waals surface area contributed by atoms with Gasteiger partial charge in [0.15, 0.2) is 0 Å². The number of nitrogens with zero attached hydrogens (tertiary/aromatic N) is 1. The molecule has 1 atom stereocenters. The van der Waals surface area contributed by atoms with Gasteiger partial charge >= 0.3 is 0 Å². The largest absolute Gasteiger partial charge is 0.388 e. The van der Waals surface area contributed by atoms with Crippen LogP contribution in [0.1, 0.15) is 28.6 Å². The molecule has 0 unspecified atom stereocenters. The molecule has 0 aromatic carbocycles. The molecular weight excluding hydrogens is 146 g/mol. The molecule has 0 radical (unpaired) electrons. The molecule has 0 saturated carbocycles. The first-order chi connectivity index (χ1) is 4.61. The first-order valence-corrected chi connectivity index (χ1v) is 4.05. The van der Waals surface area contributed by atoms with Gasteiger partial charge in [-0.05, 0) is 20.8 Å². The molecule has 2 nitrogen and oxygen atoms in total. The van der Waals surface area contributed by atoms with E-state index >= 15 is 0 Å². The second-order valence-corrected chi connectivity index (χ2v) is 3.59. The maximum atomic E-state index is 9.19. The molecule has 0 aliphatic carbocycles. The van der Waals surface area contributed by atoms with Crippen LogP contribution >= 0.6 is 11.3 Å². The molecule has 10 heavy (non-hydrogen) atoms. The average Bonchev–Trinajstić information content (AvgIpc) is 2.10. The summed E-state index contributed by atoms with van der Waals surface area (Å²) < 4.78 is 0. The fraction of sp³-hybridized carbons (Fsp3) is 0.571. The van der Waals surface area contributed by atoms with Crippen LogP contribution in [0.25, 0.3) is 0 Å². The maximum Gasteiger partial charge on any atom is 0.0901 e. The lowest BCUT2D eigenvalue weighted by molar-refractivity contribution is 0.202. The summed E-state index contributed by atoms with van der Waals surface area (Å²) in [6.45, 7) is 5.63. The van der Waals surface area contributed by atoms with Crippen LogP contribution in [-0.4, -0.2) is 10.1 Å². The quantitative estimate of drug-likeness (QED) is 0.674. The third-order valence-corrected chi connectivity index (χ3v) is 2.56. The zero-order valence-electron chi connectivity index (χ0n) is 6.38. The van der Waals surface area contributed by atoms with Crippen LogP contribution < -0.4 is 0 Å². The van der Waals surface area contributed by atoms with Crippen molar-refractivity contribution in [3.05, 3.63) is 15.6 Å². The monoisotopic (exact) mass is 157 g/mol. The molecule has 56 valence electrons. The Kier molecular flexibility index (Phi) is 2.06. The van der Waals surface area contributed by atoms with E-state index in [1.54, 1.807) is 18.3 Å². The van der Waals surface area contributed by atoms with Crippen LogP contribution in [0.5, 0.6) is 0 Å². The molecule has 0 aliphatic heterocycles. The number of hydrogen-bond donors (Lipinski definition) is 1. The third kappa shape index (κ3) is 1.36. The topological polar surface area (TPSA) is 33.1 Å². The predicted octanol–water partition coefficient (Wildman–Crippen LogP) is 1.81. The van der Waals surface area contributed by atoms with Gasteiger partial charge in [-0.3, -0.25) is 0 Å². The summed E-state index contributed by atoms with van der Waals surface area (Å²) in [7, 11) is 0. The number of rotatable bonds is 1. The van der Waals surface area contributed by atoms with Crippen molar-refractivity contribution < 1.29 is 5.11 Å². The highest BCUT2D eigenvalue weighted by Crippen LogP contribution is 2.23. The van der Waals surface area contributed by atoms with E-state index in [1.165, 1.54) is 0 Å². The van der Waals surface area contributed by atoms with Gasteiger partial charge in [0.1, 0.15) is 0 Å². The molecule has 0 bridgehead atoms. The van der Waals surface area contributed by atoms with E-state index in [0.717, 1.165) is 15.6 Å². The molecule has 0 aliphatic rings. The van der Waals surface area contributed by atoms with Gasteiger partial charge in [0.05, 0.1) is 21.7 Å².